The van der Waals surface area contributed by atoms with Crippen LogP contribution in [0.3, 0.4) is 0 Å². The van der Waals surface area contributed by atoms with E-state index in [4.69, 9.17) is 0 Å². The van der Waals surface area contributed by atoms with Crippen LogP contribution in [-0.4, -0.2) is 73.0 Å². The van der Waals surface area contributed by atoms with Gasteiger partial charge < -0.3 is 20.4 Å². The minimum absolute atomic E-state index is 0.0645. The van der Waals surface area contributed by atoms with E-state index < -0.39 is 0 Å². The van der Waals surface area contributed by atoms with Crippen molar-refractivity contribution < 1.29 is 9.59 Å². The first-order valence-corrected chi connectivity index (χ1v) is 13.1. The van der Waals surface area contributed by atoms with E-state index in [2.05, 4.69) is 50.8 Å². The summed E-state index contributed by atoms with van der Waals surface area (Å²) in [6.45, 7) is 5.81. The molecule has 1 aliphatic carbocycles. The van der Waals surface area contributed by atoms with Gasteiger partial charge in [0.1, 0.15) is 6.04 Å². The lowest BCUT2D eigenvalue weighted by atomic mass is 9.83. The van der Waals surface area contributed by atoms with Gasteiger partial charge in [0.15, 0.2) is 0 Å². The molecule has 2 saturated heterocycles. The van der Waals surface area contributed by atoms with E-state index in [1.54, 1.807) is 7.05 Å². The molecular formula is C27H42N4O2. The molecule has 4 atom stereocenters. The average molecular weight is 455 g/mol. The monoisotopic (exact) mass is 454 g/mol. The zero-order valence-corrected chi connectivity index (χ0v) is 20.5. The Kier molecular flexibility index (Phi) is 8.42. The van der Waals surface area contributed by atoms with Gasteiger partial charge in [0, 0.05) is 25.7 Å². The summed E-state index contributed by atoms with van der Waals surface area (Å²) in [5.74, 6) is 0.957. The van der Waals surface area contributed by atoms with Gasteiger partial charge in [-0.2, -0.15) is 0 Å². The number of carbonyl (C=O) groups is 2. The molecule has 2 unspecified atom stereocenters. The molecule has 2 heterocycles. The average Bonchev–Trinajstić information content (AvgIpc) is 3.29. The van der Waals surface area contributed by atoms with Crippen molar-refractivity contribution in [3.63, 3.8) is 0 Å². The molecule has 3 aliphatic rings. The molecule has 1 saturated carbocycles. The predicted octanol–water partition coefficient (Wildman–Crippen LogP) is 2.82. The zero-order chi connectivity index (χ0) is 23.2. The van der Waals surface area contributed by atoms with Crippen molar-refractivity contribution in [2.45, 2.75) is 76.4 Å². The molecule has 6 nitrogen and oxygen atoms in total. The third-order valence-corrected chi connectivity index (χ3v) is 8.30. The highest BCUT2D eigenvalue weighted by atomic mass is 16.2. The van der Waals surface area contributed by atoms with E-state index in [1.807, 2.05) is 6.92 Å². The normalized spacial score (nSPS) is 25.9. The van der Waals surface area contributed by atoms with Crippen LogP contribution in [0.25, 0.3) is 0 Å². The molecule has 182 valence electrons. The summed E-state index contributed by atoms with van der Waals surface area (Å²) in [5, 5.41) is 6.18. The first kappa shape index (κ1) is 24.2. The third-order valence-electron chi connectivity index (χ3n) is 8.30. The summed E-state index contributed by atoms with van der Waals surface area (Å²) in [7, 11) is 1.79. The lowest BCUT2D eigenvalue weighted by Gasteiger charge is -2.41. The van der Waals surface area contributed by atoms with E-state index in [0.717, 1.165) is 64.7 Å². The fourth-order valence-electron chi connectivity index (χ4n) is 6.05. The summed E-state index contributed by atoms with van der Waals surface area (Å²) >= 11 is 0. The number of hydrogen-bond acceptors (Lipinski definition) is 4. The number of likely N-dealkylation sites (tertiary alicyclic amines) is 2. The molecular weight excluding hydrogens is 412 g/mol. The molecule has 0 aromatic heterocycles. The Labute approximate surface area is 199 Å². The summed E-state index contributed by atoms with van der Waals surface area (Å²) < 4.78 is 0. The van der Waals surface area contributed by atoms with E-state index in [0.29, 0.717) is 5.92 Å². The number of piperidine rings is 1. The fraction of sp³-hybridized carbons (Fsp3) is 0.704. The quantitative estimate of drug-likeness (QED) is 0.634. The highest BCUT2D eigenvalue weighted by molar-refractivity contribution is 5.90. The van der Waals surface area contributed by atoms with Crippen molar-refractivity contribution in [3.05, 3.63) is 35.9 Å². The number of fused-ring (bicyclic) bond motifs is 1. The van der Waals surface area contributed by atoms with Gasteiger partial charge in [-0.15, -0.1) is 0 Å². The minimum atomic E-state index is -0.382. The maximum absolute atomic E-state index is 13.9. The predicted molar refractivity (Wildman–Crippen MR) is 132 cm³/mol. The highest BCUT2D eigenvalue weighted by Crippen LogP contribution is 2.34. The molecule has 0 spiro atoms. The van der Waals surface area contributed by atoms with Crippen molar-refractivity contribution in [2.75, 3.05) is 33.2 Å². The number of rotatable bonds is 8. The molecule has 3 fully saturated rings. The fourth-order valence-corrected chi connectivity index (χ4v) is 6.05. The van der Waals surface area contributed by atoms with Crippen molar-refractivity contribution >= 4 is 11.8 Å². The second-order valence-corrected chi connectivity index (χ2v) is 10.4. The number of benzene rings is 1. The topological polar surface area (TPSA) is 64.7 Å². The van der Waals surface area contributed by atoms with Gasteiger partial charge in [-0.3, -0.25) is 9.59 Å². The maximum Gasteiger partial charge on any atom is 0.245 e. The number of nitrogens with one attached hydrogen (secondary N) is 2. The van der Waals surface area contributed by atoms with Crippen molar-refractivity contribution in [1.29, 1.82) is 0 Å². The van der Waals surface area contributed by atoms with Gasteiger partial charge in [0.2, 0.25) is 11.8 Å². The first-order valence-electron chi connectivity index (χ1n) is 13.1. The van der Waals surface area contributed by atoms with Crippen LogP contribution in [0, 0.1) is 11.8 Å². The molecule has 33 heavy (non-hydrogen) atoms. The smallest absolute Gasteiger partial charge is 0.245 e. The molecule has 2 aliphatic heterocycles. The van der Waals surface area contributed by atoms with Crippen LogP contribution in [0.1, 0.15) is 57.4 Å². The number of nitrogens with zero attached hydrogens (tertiary/aromatic N) is 2. The summed E-state index contributed by atoms with van der Waals surface area (Å²) in [6, 6.07) is 10.3. The van der Waals surface area contributed by atoms with Crippen LogP contribution < -0.4 is 10.6 Å². The first-order chi connectivity index (χ1) is 16.1. The SMILES string of the molecule is CN[C@@H](C)C(=O)N[C@H](C(=O)N1CCC2CCN(CCc3ccccc3)CC21)C1CCCCC1. The van der Waals surface area contributed by atoms with E-state index in [9.17, 15) is 9.59 Å². The van der Waals surface area contributed by atoms with Gasteiger partial charge in [-0.1, -0.05) is 49.6 Å². The molecule has 1 aromatic rings. The number of carbonyl (C=O) groups excluding carboxylic acids is 2. The van der Waals surface area contributed by atoms with Crippen LogP contribution in [0.5, 0.6) is 0 Å². The number of hydrogen-bond donors (Lipinski definition) is 2. The molecule has 6 heteroatoms. The van der Waals surface area contributed by atoms with Crippen LogP contribution in [0.15, 0.2) is 30.3 Å². The van der Waals surface area contributed by atoms with E-state index in [-0.39, 0.29) is 35.9 Å². The van der Waals surface area contributed by atoms with Gasteiger partial charge >= 0.3 is 0 Å². The van der Waals surface area contributed by atoms with Crippen LogP contribution in [-0.2, 0) is 16.0 Å². The summed E-state index contributed by atoms with van der Waals surface area (Å²) in [4.78, 5) is 31.3. The van der Waals surface area contributed by atoms with Crippen molar-refractivity contribution in [1.82, 2.24) is 20.4 Å². The molecule has 0 bridgehead atoms. The Balaban J connectivity index is 1.42. The number of amides is 2. The largest absolute Gasteiger partial charge is 0.343 e. The van der Waals surface area contributed by atoms with Crippen LogP contribution >= 0.6 is 0 Å². The second kappa shape index (κ2) is 11.5. The Morgan fingerprint density at radius 2 is 1.76 bits per heavy atom. The molecule has 4 rings (SSSR count). The van der Waals surface area contributed by atoms with Gasteiger partial charge in [-0.05, 0) is 70.0 Å². The maximum atomic E-state index is 13.9. The van der Waals surface area contributed by atoms with Crippen molar-refractivity contribution in [2.24, 2.45) is 11.8 Å². The van der Waals surface area contributed by atoms with E-state index in [1.165, 1.54) is 18.4 Å². The minimum Gasteiger partial charge on any atom is -0.343 e. The van der Waals surface area contributed by atoms with Crippen LogP contribution in [0.4, 0.5) is 0 Å². The Morgan fingerprint density at radius 3 is 2.48 bits per heavy atom. The molecule has 2 N–H and O–H groups in total. The van der Waals surface area contributed by atoms with Crippen molar-refractivity contribution in [3.8, 4) is 0 Å². The third kappa shape index (κ3) is 5.96. The van der Waals surface area contributed by atoms with Crippen LogP contribution in [0.2, 0.25) is 0 Å². The lowest BCUT2D eigenvalue weighted by molar-refractivity contribution is -0.140. The molecule has 2 amide bonds. The standard InChI is InChI=1S/C27H42N4O2/c1-20(28-2)26(32)29-25(23-11-7-4-8-12-23)27(33)31-18-15-22-14-17-30(19-24(22)31)16-13-21-9-5-3-6-10-21/h3,5-6,9-10,20,22-25,28H,4,7-8,11-19H2,1-2H3,(H,29,32)/t20-,22?,24?,25-/m0/s1. The lowest BCUT2D eigenvalue weighted by Crippen LogP contribution is -2.58. The number of likely N-dealkylation sites (N-methyl/N-ethyl adjacent to an activating group) is 1. The Morgan fingerprint density at radius 1 is 1.03 bits per heavy atom. The Bertz CT molecular complexity index is 780. The summed E-state index contributed by atoms with van der Waals surface area (Å²) in [6.07, 6.45) is 8.95. The van der Waals surface area contributed by atoms with Gasteiger partial charge in [0.05, 0.1) is 6.04 Å². The molecule has 0 radical (unpaired) electrons. The summed E-state index contributed by atoms with van der Waals surface area (Å²) in [5.41, 5.74) is 1.37. The second-order valence-electron chi connectivity index (χ2n) is 10.4. The van der Waals surface area contributed by atoms with Gasteiger partial charge in [-0.25, -0.2) is 0 Å². The zero-order valence-electron chi connectivity index (χ0n) is 20.5. The van der Waals surface area contributed by atoms with Gasteiger partial charge in [0.25, 0.3) is 0 Å². The Hall–Kier alpha value is -1.92. The van der Waals surface area contributed by atoms with E-state index >= 15 is 0 Å². The highest BCUT2D eigenvalue weighted by Gasteiger charge is 2.44. The molecule has 1 aromatic carbocycles.